The molecule has 0 saturated heterocycles. The van der Waals surface area contributed by atoms with Gasteiger partial charge < -0.3 is 4.57 Å². The highest BCUT2D eigenvalue weighted by molar-refractivity contribution is 7.99. The van der Waals surface area contributed by atoms with Gasteiger partial charge in [-0.15, -0.1) is 0 Å². The third kappa shape index (κ3) is 2.82. The van der Waals surface area contributed by atoms with Crippen LogP contribution >= 0.6 is 11.8 Å². The van der Waals surface area contributed by atoms with E-state index in [2.05, 4.69) is 153 Å². The molecule has 6 aromatic carbocycles. The molecule has 3 aromatic heterocycles. The van der Waals surface area contributed by atoms with Gasteiger partial charge in [-0.05, 0) is 54.6 Å². The highest BCUT2D eigenvalue weighted by atomic mass is 32.2. The summed E-state index contributed by atoms with van der Waals surface area (Å²) in [7, 11) is 0. The second-order valence-corrected chi connectivity index (χ2v) is 12.1. The zero-order valence-electron chi connectivity index (χ0n) is 22.5. The quantitative estimate of drug-likeness (QED) is 0.208. The normalized spacial score (nSPS) is 12.7. The maximum atomic E-state index is 2.50. The van der Waals surface area contributed by atoms with Gasteiger partial charge >= 0.3 is 0 Å². The Bertz CT molecular complexity index is 2510. The van der Waals surface area contributed by atoms with Crippen molar-refractivity contribution in [2.45, 2.75) is 9.79 Å². The molecule has 9 aromatic rings. The molecular formula is C38H23N3S. The van der Waals surface area contributed by atoms with E-state index < -0.39 is 0 Å². The average Bonchev–Trinajstić information content (AvgIpc) is 3.68. The number of hydrogen-bond acceptors (Lipinski definition) is 1. The van der Waals surface area contributed by atoms with Crippen LogP contribution in [-0.4, -0.2) is 13.7 Å². The molecule has 42 heavy (non-hydrogen) atoms. The lowest BCUT2D eigenvalue weighted by atomic mass is 10.1. The Morgan fingerprint density at radius 1 is 0.405 bits per heavy atom. The third-order valence-corrected chi connectivity index (χ3v) is 9.92. The van der Waals surface area contributed by atoms with Crippen molar-refractivity contribution < 1.29 is 0 Å². The van der Waals surface area contributed by atoms with Crippen molar-refractivity contribution in [3.63, 3.8) is 0 Å². The summed E-state index contributed by atoms with van der Waals surface area (Å²) in [4.78, 5) is 2.59. The summed E-state index contributed by atoms with van der Waals surface area (Å²) in [5.74, 6) is 0. The van der Waals surface area contributed by atoms with E-state index in [9.17, 15) is 0 Å². The topological polar surface area (TPSA) is 14.8 Å². The van der Waals surface area contributed by atoms with Crippen LogP contribution in [0.3, 0.4) is 0 Å². The van der Waals surface area contributed by atoms with Gasteiger partial charge in [-0.1, -0.05) is 96.7 Å². The number of aromatic nitrogens is 3. The molecule has 0 unspecified atom stereocenters. The summed E-state index contributed by atoms with van der Waals surface area (Å²) in [6.45, 7) is 0. The summed E-state index contributed by atoms with van der Waals surface area (Å²) in [5.41, 5.74) is 9.71. The van der Waals surface area contributed by atoms with Crippen molar-refractivity contribution in [3.05, 3.63) is 140 Å². The Kier molecular flexibility index (Phi) is 4.38. The molecule has 0 bridgehead atoms. The van der Waals surface area contributed by atoms with E-state index in [0.29, 0.717) is 0 Å². The minimum atomic E-state index is 1.15. The van der Waals surface area contributed by atoms with Crippen molar-refractivity contribution in [1.82, 2.24) is 13.7 Å². The molecule has 0 atom stereocenters. The van der Waals surface area contributed by atoms with Gasteiger partial charge in [0.25, 0.3) is 0 Å². The second-order valence-electron chi connectivity index (χ2n) is 11.0. The number of nitrogens with zero attached hydrogens (tertiary/aromatic N) is 3. The first-order valence-corrected chi connectivity index (χ1v) is 15.1. The van der Waals surface area contributed by atoms with Gasteiger partial charge in [0.2, 0.25) is 0 Å². The van der Waals surface area contributed by atoms with Crippen molar-refractivity contribution in [2.24, 2.45) is 0 Å². The number of benzene rings is 6. The van der Waals surface area contributed by atoms with E-state index in [1.807, 2.05) is 11.8 Å². The molecule has 0 fully saturated rings. The maximum Gasteiger partial charge on any atom is 0.131 e. The summed E-state index contributed by atoms with van der Waals surface area (Å²) in [5, 5.41) is 6.44. The number of fused-ring (bicyclic) bond motifs is 10. The molecule has 1 aliphatic rings. The molecule has 10 rings (SSSR count). The van der Waals surface area contributed by atoms with Gasteiger partial charge in [0.1, 0.15) is 5.65 Å². The predicted octanol–water partition coefficient (Wildman–Crippen LogP) is 10.3. The van der Waals surface area contributed by atoms with Gasteiger partial charge in [-0.25, -0.2) is 0 Å². The Hall–Kier alpha value is -5.19. The molecule has 0 amide bonds. The first-order valence-electron chi connectivity index (χ1n) is 14.3. The highest BCUT2D eigenvalue weighted by Gasteiger charge is 2.27. The highest BCUT2D eigenvalue weighted by Crippen LogP contribution is 2.49. The molecule has 0 N–H and O–H groups in total. The molecular weight excluding hydrogens is 531 g/mol. The van der Waals surface area contributed by atoms with Crippen molar-refractivity contribution in [1.29, 1.82) is 0 Å². The molecule has 0 radical (unpaired) electrons. The fraction of sp³-hybridized carbons (Fsp3) is 0. The van der Waals surface area contributed by atoms with Crippen LogP contribution in [0.1, 0.15) is 0 Å². The molecule has 4 heteroatoms. The summed E-state index contributed by atoms with van der Waals surface area (Å²) in [6.07, 6.45) is 0. The Labute approximate surface area is 245 Å². The van der Waals surface area contributed by atoms with Gasteiger partial charge in [-0.2, -0.15) is 0 Å². The monoisotopic (exact) mass is 553 g/mol. The number of hydrogen-bond donors (Lipinski definition) is 0. The molecule has 1 aliphatic heterocycles. The van der Waals surface area contributed by atoms with E-state index in [1.54, 1.807) is 0 Å². The first-order chi connectivity index (χ1) is 20.9. The number of rotatable bonds is 2. The predicted molar refractivity (Wildman–Crippen MR) is 176 cm³/mol. The lowest BCUT2D eigenvalue weighted by Crippen LogP contribution is -2.06. The fourth-order valence-electron chi connectivity index (χ4n) is 7.16. The van der Waals surface area contributed by atoms with Crippen molar-refractivity contribution in [2.75, 3.05) is 0 Å². The van der Waals surface area contributed by atoms with Gasteiger partial charge in [0.05, 0.1) is 27.8 Å². The van der Waals surface area contributed by atoms with Crippen LogP contribution in [0.4, 0.5) is 0 Å². The van der Waals surface area contributed by atoms with E-state index in [-0.39, 0.29) is 0 Å². The van der Waals surface area contributed by atoms with Gasteiger partial charge in [0.15, 0.2) is 0 Å². The van der Waals surface area contributed by atoms with Gasteiger partial charge in [-0.3, -0.25) is 9.13 Å². The van der Waals surface area contributed by atoms with Crippen LogP contribution in [0.15, 0.2) is 149 Å². The van der Waals surface area contributed by atoms with E-state index in [0.717, 1.165) is 11.4 Å². The van der Waals surface area contributed by atoms with Gasteiger partial charge in [0, 0.05) is 48.1 Å². The second kappa shape index (κ2) is 8.19. The zero-order valence-corrected chi connectivity index (χ0v) is 23.3. The third-order valence-electron chi connectivity index (χ3n) is 8.81. The Balaban J connectivity index is 1.35. The molecule has 0 spiro atoms. The first kappa shape index (κ1) is 22.5. The molecule has 0 saturated carbocycles. The standard InChI is InChI=1S/C38H23N3S/c1-4-17-30-26(13-1)27-14-2-5-18-31(27)39(30)24-11-9-12-25(23-24)40-32-19-6-3-15-28(32)36-29-16-10-22-35-37(29)41(38(36)40)33-20-7-8-21-34(33)42-35/h1-23H. The minimum absolute atomic E-state index is 1.15. The fourth-order valence-corrected chi connectivity index (χ4v) is 8.25. The average molecular weight is 554 g/mol. The maximum absolute atomic E-state index is 2.50. The summed E-state index contributed by atoms with van der Waals surface area (Å²) < 4.78 is 7.37. The van der Waals surface area contributed by atoms with Crippen molar-refractivity contribution in [3.8, 4) is 17.1 Å². The largest absolute Gasteiger partial charge is 0.309 e. The Morgan fingerprint density at radius 3 is 1.71 bits per heavy atom. The van der Waals surface area contributed by atoms with Crippen LogP contribution in [0.5, 0.6) is 0 Å². The molecule has 4 heterocycles. The minimum Gasteiger partial charge on any atom is -0.309 e. The molecule has 3 nitrogen and oxygen atoms in total. The van der Waals surface area contributed by atoms with Crippen LogP contribution in [0.25, 0.3) is 71.7 Å². The van der Waals surface area contributed by atoms with Crippen LogP contribution < -0.4 is 0 Å². The van der Waals surface area contributed by atoms with Crippen LogP contribution in [0.2, 0.25) is 0 Å². The summed E-state index contributed by atoms with van der Waals surface area (Å²) in [6, 6.07) is 50.9. The Morgan fingerprint density at radius 2 is 0.952 bits per heavy atom. The lowest BCUT2D eigenvalue weighted by Gasteiger charge is -2.21. The summed E-state index contributed by atoms with van der Waals surface area (Å²) >= 11 is 1.87. The SMILES string of the molecule is c1cc(-n2c3ccccc3c3ccccc32)cc(-n2c3ccccc3c3c4cccc5c4n(c32)-c2ccccc2S5)c1. The smallest absolute Gasteiger partial charge is 0.131 e. The molecule has 0 aliphatic carbocycles. The zero-order chi connectivity index (χ0) is 27.4. The lowest BCUT2D eigenvalue weighted by molar-refractivity contribution is 1.02. The van der Waals surface area contributed by atoms with E-state index in [1.165, 1.54) is 70.1 Å². The van der Waals surface area contributed by atoms with Crippen molar-refractivity contribution >= 4 is 66.4 Å². The van der Waals surface area contributed by atoms with E-state index in [4.69, 9.17) is 0 Å². The molecule has 196 valence electrons. The van der Waals surface area contributed by atoms with E-state index >= 15 is 0 Å². The van der Waals surface area contributed by atoms with Crippen LogP contribution in [-0.2, 0) is 0 Å². The van der Waals surface area contributed by atoms with Crippen LogP contribution in [0, 0.1) is 0 Å². The number of para-hydroxylation sites is 5.